The molecule has 0 saturated carbocycles. The van der Waals surface area contributed by atoms with Crippen LogP contribution in [0.5, 0.6) is 0 Å². The third kappa shape index (κ3) is 1.37. The Morgan fingerprint density at radius 1 is 1.70 bits per heavy atom. The molecule has 1 aromatic heterocycles. The Balaban J connectivity index is 2.68. The van der Waals surface area contributed by atoms with Crippen LogP contribution in [0.4, 0.5) is 0 Å². The molecule has 1 heterocycles. The Kier molecular flexibility index (Phi) is 2.09. The highest BCUT2D eigenvalue weighted by molar-refractivity contribution is 5.09. The summed E-state index contributed by atoms with van der Waals surface area (Å²) in [6.07, 6.45) is 1.29. The van der Waals surface area contributed by atoms with E-state index in [1.54, 1.807) is 13.1 Å². The summed E-state index contributed by atoms with van der Waals surface area (Å²) < 4.78 is 0. The lowest BCUT2D eigenvalue weighted by atomic mass is 10.1. The molecule has 4 N–H and O–H groups in total. The molecule has 1 rings (SSSR count). The Morgan fingerprint density at radius 2 is 2.40 bits per heavy atom. The number of aromatic nitrogens is 1. The molecule has 0 amide bonds. The van der Waals surface area contributed by atoms with Gasteiger partial charge in [0, 0.05) is 11.9 Å². The number of rotatable bonds is 2. The maximum atomic E-state index is 9.05. The molecule has 10 heavy (non-hydrogen) atoms. The van der Waals surface area contributed by atoms with Crippen LogP contribution in [0, 0.1) is 0 Å². The molecule has 0 aliphatic heterocycles. The number of aliphatic hydroxyl groups excluding tert-OH is 1. The molecule has 0 aromatic carbocycles. The van der Waals surface area contributed by atoms with Gasteiger partial charge in [-0.1, -0.05) is 0 Å². The number of aliphatic hydroxyl groups is 1. The summed E-state index contributed by atoms with van der Waals surface area (Å²) in [6, 6.07) is 3.42. The van der Waals surface area contributed by atoms with E-state index in [-0.39, 0.29) is 6.04 Å². The predicted molar refractivity (Wildman–Crippen MR) is 39.4 cm³/mol. The minimum Gasteiger partial charge on any atom is -0.391 e. The maximum Gasteiger partial charge on any atom is 0.0719 e. The number of aromatic amines is 1. The van der Waals surface area contributed by atoms with E-state index < -0.39 is 6.10 Å². The fourth-order valence-electron chi connectivity index (χ4n) is 0.811. The third-order valence-corrected chi connectivity index (χ3v) is 1.50. The number of hydrogen-bond acceptors (Lipinski definition) is 2. The molecule has 0 saturated heterocycles. The molecule has 0 bridgehead atoms. The summed E-state index contributed by atoms with van der Waals surface area (Å²) in [7, 11) is 0. The lowest BCUT2D eigenvalue weighted by Crippen LogP contribution is -2.23. The van der Waals surface area contributed by atoms with Crippen LogP contribution in [0.3, 0.4) is 0 Å². The zero-order chi connectivity index (χ0) is 7.56. The Labute approximate surface area is 59.9 Å². The molecular weight excluding hydrogens is 128 g/mol. The number of H-pyrrole nitrogens is 1. The van der Waals surface area contributed by atoms with Crippen LogP contribution >= 0.6 is 0 Å². The van der Waals surface area contributed by atoms with Crippen molar-refractivity contribution in [2.24, 2.45) is 5.73 Å². The van der Waals surface area contributed by atoms with Gasteiger partial charge in [0.1, 0.15) is 0 Å². The van der Waals surface area contributed by atoms with E-state index in [1.165, 1.54) is 0 Å². The summed E-state index contributed by atoms with van der Waals surface area (Å²) in [5.74, 6) is 0. The topological polar surface area (TPSA) is 62.0 Å². The van der Waals surface area contributed by atoms with Gasteiger partial charge in [0.2, 0.25) is 0 Å². The van der Waals surface area contributed by atoms with Crippen molar-refractivity contribution in [2.75, 3.05) is 0 Å². The Hall–Kier alpha value is -0.800. The second-order valence-corrected chi connectivity index (χ2v) is 2.39. The van der Waals surface area contributed by atoms with E-state index in [2.05, 4.69) is 4.98 Å². The number of nitrogens with one attached hydrogen (secondary N) is 1. The van der Waals surface area contributed by atoms with Crippen LogP contribution in [0.1, 0.15) is 18.7 Å². The van der Waals surface area contributed by atoms with Crippen molar-refractivity contribution in [3.8, 4) is 0 Å². The van der Waals surface area contributed by atoms with Gasteiger partial charge in [-0.15, -0.1) is 0 Å². The van der Waals surface area contributed by atoms with Gasteiger partial charge in [0.15, 0.2) is 0 Å². The zero-order valence-electron chi connectivity index (χ0n) is 5.91. The molecule has 0 unspecified atom stereocenters. The molecular formula is C7H12N2O. The normalized spacial score (nSPS) is 16.7. The summed E-state index contributed by atoms with van der Waals surface area (Å²) >= 11 is 0. The molecule has 3 heteroatoms. The quantitative estimate of drug-likeness (QED) is 0.556. The van der Waals surface area contributed by atoms with Crippen molar-refractivity contribution in [1.82, 2.24) is 4.98 Å². The van der Waals surface area contributed by atoms with E-state index in [0.717, 1.165) is 5.69 Å². The summed E-state index contributed by atoms with van der Waals surface area (Å²) in [5, 5.41) is 9.05. The van der Waals surface area contributed by atoms with Crippen molar-refractivity contribution < 1.29 is 5.11 Å². The van der Waals surface area contributed by atoms with Crippen LogP contribution < -0.4 is 5.73 Å². The van der Waals surface area contributed by atoms with Crippen LogP contribution in [-0.2, 0) is 0 Å². The second kappa shape index (κ2) is 2.86. The minimum atomic E-state index is -0.501. The highest BCUT2D eigenvalue weighted by Crippen LogP contribution is 2.10. The van der Waals surface area contributed by atoms with Crippen molar-refractivity contribution in [3.05, 3.63) is 24.0 Å². The fraction of sp³-hybridized carbons (Fsp3) is 0.429. The maximum absolute atomic E-state index is 9.05. The summed E-state index contributed by atoms with van der Waals surface area (Å²) in [6.45, 7) is 1.67. The third-order valence-electron chi connectivity index (χ3n) is 1.50. The second-order valence-electron chi connectivity index (χ2n) is 2.39. The van der Waals surface area contributed by atoms with Gasteiger partial charge in [-0.3, -0.25) is 0 Å². The molecule has 3 nitrogen and oxygen atoms in total. The molecule has 0 aliphatic rings. The molecule has 1 aromatic rings. The average Bonchev–Trinajstić information content (AvgIpc) is 2.36. The van der Waals surface area contributed by atoms with Gasteiger partial charge in [-0.05, 0) is 19.1 Å². The first kappa shape index (κ1) is 7.31. The lowest BCUT2D eigenvalue weighted by molar-refractivity contribution is 0.163. The highest BCUT2D eigenvalue weighted by atomic mass is 16.3. The van der Waals surface area contributed by atoms with Gasteiger partial charge in [0.25, 0.3) is 0 Å². The zero-order valence-corrected chi connectivity index (χ0v) is 5.91. The van der Waals surface area contributed by atoms with Crippen LogP contribution in [0.2, 0.25) is 0 Å². The van der Waals surface area contributed by atoms with Crippen molar-refractivity contribution in [3.63, 3.8) is 0 Å². The van der Waals surface area contributed by atoms with E-state index in [0.29, 0.717) is 0 Å². The minimum absolute atomic E-state index is 0.296. The van der Waals surface area contributed by atoms with Crippen molar-refractivity contribution in [2.45, 2.75) is 19.1 Å². The smallest absolute Gasteiger partial charge is 0.0719 e. The number of hydrogen-bond donors (Lipinski definition) is 3. The largest absolute Gasteiger partial charge is 0.391 e. The Morgan fingerprint density at radius 3 is 2.80 bits per heavy atom. The van der Waals surface area contributed by atoms with E-state index in [4.69, 9.17) is 10.8 Å². The van der Waals surface area contributed by atoms with E-state index >= 15 is 0 Å². The molecule has 56 valence electrons. The predicted octanol–water partition coefficient (Wildman–Crippen LogP) is 0.395. The Bertz CT molecular complexity index is 181. The molecule has 0 spiro atoms. The van der Waals surface area contributed by atoms with Crippen LogP contribution in [0.15, 0.2) is 18.3 Å². The summed E-state index contributed by atoms with van der Waals surface area (Å²) in [5.41, 5.74) is 6.47. The monoisotopic (exact) mass is 140 g/mol. The first-order valence-corrected chi connectivity index (χ1v) is 3.28. The SMILES string of the molecule is C[C@@H](O)[C@H](N)c1ccc[nH]1. The van der Waals surface area contributed by atoms with Gasteiger partial charge in [0.05, 0.1) is 12.1 Å². The van der Waals surface area contributed by atoms with Crippen LogP contribution in [0.25, 0.3) is 0 Å². The van der Waals surface area contributed by atoms with Gasteiger partial charge < -0.3 is 15.8 Å². The average molecular weight is 140 g/mol. The van der Waals surface area contributed by atoms with Crippen molar-refractivity contribution in [1.29, 1.82) is 0 Å². The van der Waals surface area contributed by atoms with E-state index in [1.807, 2.05) is 12.1 Å². The molecule has 0 radical (unpaired) electrons. The van der Waals surface area contributed by atoms with Gasteiger partial charge in [-0.25, -0.2) is 0 Å². The fourth-order valence-corrected chi connectivity index (χ4v) is 0.811. The van der Waals surface area contributed by atoms with Crippen LogP contribution in [-0.4, -0.2) is 16.2 Å². The lowest BCUT2D eigenvalue weighted by Gasteiger charge is -2.11. The number of nitrogens with two attached hydrogens (primary N) is 1. The molecule has 0 fully saturated rings. The first-order chi connectivity index (χ1) is 4.72. The van der Waals surface area contributed by atoms with E-state index in [9.17, 15) is 0 Å². The van der Waals surface area contributed by atoms with Gasteiger partial charge in [-0.2, -0.15) is 0 Å². The first-order valence-electron chi connectivity index (χ1n) is 3.28. The highest BCUT2D eigenvalue weighted by Gasteiger charge is 2.11. The van der Waals surface area contributed by atoms with Crippen molar-refractivity contribution >= 4 is 0 Å². The molecule has 2 atom stereocenters. The molecule has 0 aliphatic carbocycles. The summed E-state index contributed by atoms with van der Waals surface area (Å²) in [4.78, 5) is 2.93. The van der Waals surface area contributed by atoms with Gasteiger partial charge >= 0.3 is 0 Å². The standard InChI is InChI=1S/C7H12N2O/c1-5(10)7(8)6-3-2-4-9-6/h2-5,7,9-10H,8H2,1H3/t5-,7+/m1/s1.